The number of β-amino-alcohol motifs (C(OH)–C–C–N with tert-alkyl or cyclic N) is 1. The smallest absolute Gasteiger partial charge is 0.143 e. The first-order valence-electron chi connectivity index (χ1n) is 6.34. The van der Waals surface area contributed by atoms with Crippen LogP contribution in [-0.4, -0.2) is 34.9 Å². The van der Waals surface area contributed by atoms with E-state index in [9.17, 15) is 0 Å². The lowest BCUT2D eigenvalue weighted by molar-refractivity contribution is 0.178. The Balaban J connectivity index is 1.92. The summed E-state index contributed by atoms with van der Waals surface area (Å²) in [5.74, 6) is 0.958. The van der Waals surface area contributed by atoms with E-state index in [1.807, 2.05) is 24.3 Å². The van der Waals surface area contributed by atoms with Gasteiger partial charge in [-0.05, 0) is 12.1 Å². The second-order valence-electron chi connectivity index (χ2n) is 4.69. The Hall–Kier alpha value is -1.36. The van der Waals surface area contributed by atoms with Crippen molar-refractivity contribution in [3.63, 3.8) is 0 Å². The van der Waals surface area contributed by atoms with Gasteiger partial charge in [-0.3, -0.25) is 4.90 Å². The molecule has 4 nitrogen and oxygen atoms in total. The third-order valence-electron chi connectivity index (χ3n) is 3.44. The molecule has 1 N–H and O–H groups in total. The largest absolute Gasteiger partial charge is 0.395 e. The van der Waals surface area contributed by atoms with E-state index in [4.69, 9.17) is 21.2 Å². The molecule has 0 unspecified atom stereocenters. The Morgan fingerprint density at radius 3 is 2.84 bits per heavy atom. The van der Waals surface area contributed by atoms with Gasteiger partial charge in [-0.15, -0.1) is 0 Å². The third-order valence-corrected chi connectivity index (χ3v) is 3.69. The molecule has 1 aromatic heterocycles. The Labute approximate surface area is 116 Å². The lowest BCUT2D eigenvalue weighted by Gasteiger charge is -2.25. The van der Waals surface area contributed by atoms with Crippen LogP contribution in [0.25, 0.3) is 11.3 Å². The Bertz CT molecular complexity index is 565. The van der Waals surface area contributed by atoms with Crippen molar-refractivity contribution in [2.24, 2.45) is 0 Å². The minimum absolute atomic E-state index is 0.177. The molecule has 0 radical (unpaired) electrons. The summed E-state index contributed by atoms with van der Waals surface area (Å²) >= 11 is 5.90. The highest BCUT2D eigenvalue weighted by Gasteiger charge is 2.24. The molecule has 1 aliphatic heterocycles. The lowest BCUT2D eigenvalue weighted by atomic mass is 10.0. The maximum atomic E-state index is 9.04. The van der Waals surface area contributed by atoms with E-state index in [2.05, 4.69) is 10.1 Å². The fraction of sp³-hybridized carbons (Fsp3) is 0.357. The molecule has 0 spiro atoms. The second-order valence-corrected chi connectivity index (χ2v) is 5.13. The van der Waals surface area contributed by atoms with Gasteiger partial charge in [-0.1, -0.05) is 28.9 Å². The molecule has 1 aromatic carbocycles. The standard InChI is InChI=1S/C14H15ClN2O2/c15-11-3-1-10(2-4-11)14-12-9-17(7-8-18)6-5-13(12)19-16-14/h1-4,18H,5-9H2. The van der Waals surface area contributed by atoms with Gasteiger partial charge in [0, 0.05) is 42.2 Å². The first kappa shape index (κ1) is 12.7. The Kier molecular flexibility index (Phi) is 3.55. The number of halogens is 1. The van der Waals surface area contributed by atoms with Crippen LogP contribution in [0, 0.1) is 0 Å². The predicted molar refractivity (Wildman–Crippen MR) is 73.0 cm³/mol. The van der Waals surface area contributed by atoms with Gasteiger partial charge in [0.1, 0.15) is 11.5 Å². The molecule has 100 valence electrons. The molecule has 0 bridgehead atoms. The van der Waals surface area contributed by atoms with Crippen LogP contribution in [0.1, 0.15) is 11.3 Å². The minimum Gasteiger partial charge on any atom is -0.395 e. The summed E-state index contributed by atoms with van der Waals surface area (Å²) < 4.78 is 5.43. The number of nitrogens with zero attached hydrogens (tertiary/aromatic N) is 2. The quantitative estimate of drug-likeness (QED) is 0.936. The molecule has 0 aliphatic carbocycles. The zero-order chi connectivity index (χ0) is 13.2. The molecule has 2 heterocycles. The number of rotatable bonds is 3. The van der Waals surface area contributed by atoms with Crippen molar-refractivity contribution in [2.75, 3.05) is 19.7 Å². The third kappa shape index (κ3) is 2.52. The lowest BCUT2D eigenvalue weighted by Crippen LogP contribution is -2.32. The first-order valence-corrected chi connectivity index (χ1v) is 6.72. The average molecular weight is 279 g/mol. The van der Waals surface area contributed by atoms with Crippen molar-refractivity contribution < 1.29 is 9.63 Å². The number of aliphatic hydroxyl groups excluding tert-OH is 1. The average Bonchev–Trinajstić information content (AvgIpc) is 2.83. The van der Waals surface area contributed by atoms with Crippen LogP contribution in [0.2, 0.25) is 5.02 Å². The molecule has 0 fully saturated rings. The summed E-state index contributed by atoms with van der Waals surface area (Å²) in [5.41, 5.74) is 3.02. The van der Waals surface area contributed by atoms with Crippen molar-refractivity contribution in [3.8, 4) is 11.3 Å². The molecule has 0 amide bonds. The summed E-state index contributed by atoms with van der Waals surface area (Å²) in [6.07, 6.45) is 0.843. The molecular weight excluding hydrogens is 264 g/mol. The van der Waals surface area contributed by atoms with Gasteiger partial charge in [-0.2, -0.15) is 0 Å². The summed E-state index contributed by atoms with van der Waals surface area (Å²) in [4.78, 5) is 2.21. The molecule has 3 rings (SSSR count). The molecular formula is C14H15ClN2O2. The molecule has 0 saturated carbocycles. The Morgan fingerprint density at radius 1 is 1.32 bits per heavy atom. The fourth-order valence-corrected chi connectivity index (χ4v) is 2.56. The second kappa shape index (κ2) is 5.33. The zero-order valence-electron chi connectivity index (χ0n) is 10.5. The number of fused-ring (bicyclic) bond motifs is 1. The van der Waals surface area contributed by atoms with Gasteiger partial charge >= 0.3 is 0 Å². The van der Waals surface area contributed by atoms with Crippen LogP contribution >= 0.6 is 11.6 Å². The molecule has 19 heavy (non-hydrogen) atoms. The van der Waals surface area contributed by atoms with E-state index in [1.54, 1.807) is 0 Å². The van der Waals surface area contributed by atoms with Gasteiger partial charge in [0.25, 0.3) is 0 Å². The van der Waals surface area contributed by atoms with Crippen molar-refractivity contribution in [1.82, 2.24) is 10.1 Å². The normalized spacial score (nSPS) is 15.5. The van der Waals surface area contributed by atoms with Crippen LogP contribution in [0.5, 0.6) is 0 Å². The number of aliphatic hydroxyl groups is 1. The van der Waals surface area contributed by atoms with Crippen LogP contribution in [0.3, 0.4) is 0 Å². The molecule has 0 atom stereocenters. The zero-order valence-corrected chi connectivity index (χ0v) is 11.2. The highest BCUT2D eigenvalue weighted by molar-refractivity contribution is 6.30. The highest BCUT2D eigenvalue weighted by atomic mass is 35.5. The first-order chi connectivity index (χ1) is 9.28. The van der Waals surface area contributed by atoms with Gasteiger partial charge in [0.15, 0.2) is 0 Å². The summed E-state index contributed by atoms with van der Waals surface area (Å²) in [7, 11) is 0. The number of hydrogen-bond acceptors (Lipinski definition) is 4. The van der Waals surface area contributed by atoms with Crippen LogP contribution in [0.15, 0.2) is 28.8 Å². The van der Waals surface area contributed by atoms with E-state index < -0.39 is 0 Å². The van der Waals surface area contributed by atoms with E-state index in [-0.39, 0.29) is 6.61 Å². The fourth-order valence-electron chi connectivity index (χ4n) is 2.43. The number of aromatic nitrogens is 1. The maximum Gasteiger partial charge on any atom is 0.143 e. The van der Waals surface area contributed by atoms with Gasteiger partial charge in [-0.25, -0.2) is 0 Å². The highest BCUT2D eigenvalue weighted by Crippen LogP contribution is 2.30. The number of hydrogen-bond donors (Lipinski definition) is 1. The Morgan fingerprint density at radius 2 is 2.11 bits per heavy atom. The van der Waals surface area contributed by atoms with Crippen LogP contribution in [-0.2, 0) is 13.0 Å². The monoisotopic (exact) mass is 278 g/mol. The summed E-state index contributed by atoms with van der Waals surface area (Å²) in [6, 6.07) is 7.61. The van der Waals surface area contributed by atoms with Gasteiger partial charge in [0.2, 0.25) is 0 Å². The predicted octanol–water partition coefficient (Wildman–Crippen LogP) is 2.35. The number of benzene rings is 1. The SMILES string of the molecule is OCCN1CCc2onc(-c3ccc(Cl)cc3)c2C1. The van der Waals surface area contributed by atoms with E-state index in [0.717, 1.165) is 42.1 Å². The van der Waals surface area contributed by atoms with Crippen molar-refractivity contribution in [3.05, 3.63) is 40.6 Å². The van der Waals surface area contributed by atoms with Crippen molar-refractivity contribution >= 4 is 11.6 Å². The van der Waals surface area contributed by atoms with Crippen molar-refractivity contribution in [1.29, 1.82) is 0 Å². The van der Waals surface area contributed by atoms with Crippen LogP contribution in [0.4, 0.5) is 0 Å². The van der Waals surface area contributed by atoms with Crippen LogP contribution < -0.4 is 0 Å². The molecule has 5 heteroatoms. The summed E-state index contributed by atoms with van der Waals surface area (Å²) in [5, 5.41) is 13.9. The van der Waals surface area contributed by atoms with E-state index in [1.165, 1.54) is 0 Å². The topological polar surface area (TPSA) is 49.5 Å². The van der Waals surface area contributed by atoms with E-state index >= 15 is 0 Å². The molecule has 0 saturated heterocycles. The van der Waals surface area contributed by atoms with Gasteiger partial charge in [0.05, 0.1) is 6.61 Å². The van der Waals surface area contributed by atoms with Gasteiger partial charge < -0.3 is 9.63 Å². The van der Waals surface area contributed by atoms with Crippen molar-refractivity contribution in [2.45, 2.75) is 13.0 Å². The van der Waals surface area contributed by atoms with E-state index in [0.29, 0.717) is 11.6 Å². The molecule has 1 aliphatic rings. The summed E-state index contributed by atoms with van der Waals surface area (Å²) in [6.45, 7) is 2.54. The minimum atomic E-state index is 0.177. The molecule has 2 aromatic rings. The maximum absolute atomic E-state index is 9.04.